The number of carboxylic acids is 1. The molecule has 1 aliphatic carbocycles. The van der Waals surface area contributed by atoms with Gasteiger partial charge in [-0.15, -0.1) is 0 Å². The first-order chi connectivity index (χ1) is 13.0. The van der Waals surface area contributed by atoms with Gasteiger partial charge in [0.1, 0.15) is 0 Å². The molecule has 27 heavy (non-hydrogen) atoms. The van der Waals surface area contributed by atoms with Crippen LogP contribution in [-0.2, 0) is 6.54 Å². The highest BCUT2D eigenvalue weighted by Gasteiger charge is 2.21. The van der Waals surface area contributed by atoms with Crippen molar-refractivity contribution >= 4 is 5.97 Å². The second kappa shape index (κ2) is 8.53. The van der Waals surface area contributed by atoms with E-state index in [0.29, 0.717) is 17.5 Å². The molecule has 0 aliphatic heterocycles. The molecule has 2 atom stereocenters. The molecule has 1 aliphatic rings. The quantitative estimate of drug-likeness (QED) is 0.685. The Morgan fingerprint density at radius 1 is 1.22 bits per heavy atom. The van der Waals surface area contributed by atoms with Crippen LogP contribution >= 0.6 is 0 Å². The van der Waals surface area contributed by atoms with Gasteiger partial charge in [-0.25, -0.2) is 4.79 Å². The highest BCUT2D eigenvalue weighted by atomic mass is 16.4. The minimum absolute atomic E-state index is 0.360. The summed E-state index contributed by atoms with van der Waals surface area (Å²) in [6.45, 7) is 5.12. The number of allylic oxidation sites excluding steroid dienone is 1. The van der Waals surface area contributed by atoms with E-state index in [-0.39, 0.29) is 0 Å². The lowest BCUT2D eigenvalue weighted by Gasteiger charge is -2.32. The SMILES string of the molecule is Cc1ccccc1-c1cc(CN(C)C(C)C2C=CCCC2)ccc1C(=O)O. The molecule has 142 valence electrons. The van der Waals surface area contributed by atoms with Crippen LogP contribution in [0.25, 0.3) is 11.1 Å². The average Bonchev–Trinajstić information content (AvgIpc) is 2.68. The molecule has 2 unspecified atom stereocenters. The maximum Gasteiger partial charge on any atom is 0.336 e. The lowest BCUT2D eigenvalue weighted by Crippen LogP contribution is -2.35. The van der Waals surface area contributed by atoms with Gasteiger partial charge < -0.3 is 5.11 Å². The van der Waals surface area contributed by atoms with Crippen LogP contribution in [0, 0.1) is 12.8 Å². The van der Waals surface area contributed by atoms with Crippen molar-refractivity contribution in [3.05, 3.63) is 71.3 Å². The summed E-state index contributed by atoms with van der Waals surface area (Å²) in [7, 11) is 2.16. The van der Waals surface area contributed by atoms with Gasteiger partial charge in [0.25, 0.3) is 0 Å². The molecule has 0 saturated carbocycles. The molecule has 1 N–H and O–H groups in total. The van der Waals surface area contributed by atoms with Gasteiger partial charge >= 0.3 is 5.97 Å². The summed E-state index contributed by atoms with van der Waals surface area (Å²) in [4.78, 5) is 14.1. The van der Waals surface area contributed by atoms with E-state index in [1.807, 2.05) is 43.3 Å². The first-order valence-corrected chi connectivity index (χ1v) is 9.76. The fraction of sp³-hybridized carbons (Fsp3) is 0.375. The summed E-state index contributed by atoms with van der Waals surface area (Å²) in [6, 6.07) is 14.2. The molecule has 3 heteroatoms. The Kier molecular flexibility index (Phi) is 6.12. The smallest absolute Gasteiger partial charge is 0.336 e. The molecule has 0 heterocycles. The zero-order valence-electron chi connectivity index (χ0n) is 16.5. The Bertz CT molecular complexity index is 840. The average molecular weight is 364 g/mol. The van der Waals surface area contributed by atoms with Crippen LogP contribution in [0.1, 0.15) is 47.7 Å². The number of hydrogen-bond donors (Lipinski definition) is 1. The third-order valence-electron chi connectivity index (χ3n) is 5.79. The third kappa shape index (κ3) is 4.48. The normalized spacial score (nSPS) is 17.9. The maximum atomic E-state index is 11.7. The summed E-state index contributed by atoms with van der Waals surface area (Å²) in [6.07, 6.45) is 8.37. The number of carboxylic acid groups (broad SMARTS) is 1. The van der Waals surface area contributed by atoms with E-state index in [1.54, 1.807) is 6.07 Å². The van der Waals surface area contributed by atoms with Gasteiger partial charge in [0.15, 0.2) is 0 Å². The van der Waals surface area contributed by atoms with E-state index in [0.717, 1.165) is 28.8 Å². The van der Waals surface area contributed by atoms with Crippen LogP contribution in [-0.4, -0.2) is 29.1 Å². The molecule has 0 saturated heterocycles. The highest BCUT2D eigenvalue weighted by molar-refractivity contribution is 5.96. The van der Waals surface area contributed by atoms with Crippen molar-refractivity contribution in [2.75, 3.05) is 7.05 Å². The van der Waals surface area contributed by atoms with Crippen molar-refractivity contribution in [3.8, 4) is 11.1 Å². The van der Waals surface area contributed by atoms with Gasteiger partial charge in [-0.2, -0.15) is 0 Å². The molecule has 0 radical (unpaired) electrons. The molecule has 0 spiro atoms. The Balaban J connectivity index is 1.87. The molecule has 3 nitrogen and oxygen atoms in total. The largest absolute Gasteiger partial charge is 0.478 e. The number of rotatable bonds is 6. The Labute approximate surface area is 162 Å². The van der Waals surface area contributed by atoms with Crippen molar-refractivity contribution < 1.29 is 9.90 Å². The molecule has 2 aromatic rings. The number of aromatic carboxylic acids is 1. The summed E-state index contributed by atoms with van der Waals surface area (Å²) in [5, 5.41) is 9.63. The molecule has 0 aromatic heterocycles. The lowest BCUT2D eigenvalue weighted by atomic mass is 9.89. The van der Waals surface area contributed by atoms with Gasteiger partial charge in [-0.05, 0) is 80.5 Å². The van der Waals surface area contributed by atoms with Crippen LogP contribution in [0.15, 0.2) is 54.6 Å². The highest BCUT2D eigenvalue weighted by Crippen LogP contribution is 2.29. The third-order valence-corrected chi connectivity index (χ3v) is 5.79. The predicted octanol–water partition coefficient (Wildman–Crippen LogP) is 5.54. The zero-order chi connectivity index (χ0) is 19.4. The van der Waals surface area contributed by atoms with E-state index in [9.17, 15) is 9.90 Å². The minimum Gasteiger partial charge on any atom is -0.478 e. The predicted molar refractivity (Wildman–Crippen MR) is 111 cm³/mol. The number of benzene rings is 2. The van der Waals surface area contributed by atoms with E-state index >= 15 is 0 Å². The molecule has 0 bridgehead atoms. The van der Waals surface area contributed by atoms with Crippen molar-refractivity contribution in [1.29, 1.82) is 0 Å². The summed E-state index contributed by atoms with van der Waals surface area (Å²) >= 11 is 0. The van der Waals surface area contributed by atoms with Gasteiger partial charge in [0, 0.05) is 12.6 Å². The Morgan fingerprint density at radius 2 is 2.00 bits per heavy atom. The minimum atomic E-state index is -0.881. The summed E-state index contributed by atoms with van der Waals surface area (Å²) < 4.78 is 0. The molecule has 0 fully saturated rings. The molecule has 2 aromatic carbocycles. The fourth-order valence-corrected chi connectivity index (χ4v) is 3.97. The van der Waals surface area contributed by atoms with Gasteiger partial charge in [-0.1, -0.05) is 42.5 Å². The van der Waals surface area contributed by atoms with Crippen molar-refractivity contribution in [2.45, 2.75) is 45.7 Å². The monoisotopic (exact) mass is 363 g/mol. The second-order valence-corrected chi connectivity index (χ2v) is 7.68. The van der Waals surface area contributed by atoms with Crippen molar-refractivity contribution in [1.82, 2.24) is 4.90 Å². The number of carbonyl (C=O) groups is 1. The lowest BCUT2D eigenvalue weighted by molar-refractivity contribution is 0.0697. The maximum absolute atomic E-state index is 11.7. The van der Waals surface area contributed by atoms with E-state index in [4.69, 9.17) is 0 Å². The van der Waals surface area contributed by atoms with Crippen LogP contribution in [0.5, 0.6) is 0 Å². The van der Waals surface area contributed by atoms with Crippen LogP contribution in [0.3, 0.4) is 0 Å². The molecule has 3 rings (SSSR count). The number of nitrogens with zero attached hydrogens (tertiary/aromatic N) is 1. The Hall–Kier alpha value is -2.39. The standard InChI is InChI=1S/C24H29NO2/c1-17-9-7-8-12-21(17)23-15-19(13-14-22(23)24(26)27)16-25(3)18(2)20-10-5-4-6-11-20/h5,7-10,12-15,18,20H,4,6,11,16H2,1-3H3,(H,26,27). The zero-order valence-corrected chi connectivity index (χ0v) is 16.5. The van der Waals surface area contributed by atoms with Crippen LogP contribution in [0.2, 0.25) is 0 Å². The first-order valence-electron chi connectivity index (χ1n) is 9.76. The first kappa shape index (κ1) is 19.4. The van der Waals surface area contributed by atoms with Gasteiger partial charge in [0.2, 0.25) is 0 Å². The second-order valence-electron chi connectivity index (χ2n) is 7.68. The van der Waals surface area contributed by atoms with E-state index < -0.39 is 5.97 Å². The topological polar surface area (TPSA) is 40.5 Å². The van der Waals surface area contributed by atoms with E-state index in [1.165, 1.54) is 19.3 Å². The molecular weight excluding hydrogens is 334 g/mol. The van der Waals surface area contributed by atoms with Crippen molar-refractivity contribution in [2.24, 2.45) is 5.92 Å². The Morgan fingerprint density at radius 3 is 2.67 bits per heavy atom. The van der Waals surface area contributed by atoms with Gasteiger partial charge in [-0.3, -0.25) is 4.90 Å². The fourth-order valence-electron chi connectivity index (χ4n) is 3.97. The van der Waals surface area contributed by atoms with Crippen LogP contribution < -0.4 is 0 Å². The van der Waals surface area contributed by atoms with E-state index in [2.05, 4.69) is 31.0 Å². The van der Waals surface area contributed by atoms with Crippen molar-refractivity contribution in [3.63, 3.8) is 0 Å². The summed E-state index contributed by atoms with van der Waals surface area (Å²) in [5.41, 5.74) is 4.39. The number of aryl methyl sites for hydroxylation is 1. The molecule has 0 amide bonds. The van der Waals surface area contributed by atoms with Gasteiger partial charge in [0.05, 0.1) is 5.56 Å². The number of hydrogen-bond acceptors (Lipinski definition) is 2. The summed E-state index contributed by atoms with van der Waals surface area (Å²) in [5.74, 6) is -0.285. The van der Waals surface area contributed by atoms with Crippen LogP contribution in [0.4, 0.5) is 0 Å². The molecular formula is C24H29NO2.